The smallest absolute Gasteiger partial charge is 0.382 e. The number of carbonyl (C=O) groups excluding carboxylic acids is 1. The van der Waals surface area contributed by atoms with E-state index in [1.54, 1.807) is 18.3 Å². The van der Waals surface area contributed by atoms with Crippen molar-refractivity contribution in [1.29, 1.82) is 0 Å². The second kappa shape index (κ2) is 12.3. The largest absolute Gasteiger partial charge is 0.417 e. The number of nitrogens with one attached hydrogen (secondary N) is 1. The quantitative estimate of drug-likeness (QED) is 0.141. The molecule has 12 heteroatoms. The summed E-state index contributed by atoms with van der Waals surface area (Å²) >= 11 is 0. The molecule has 0 aliphatic heterocycles. The summed E-state index contributed by atoms with van der Waals surface area (Å²) in [5, 5.41) is 2.36. The maximum atomic E-state index is 15.0. The second-order valence-corrected chi connectivity index (χ2v) is 9.39. The normalized spacial score (nSPS) is 11.7. The Bertz CT molecular complexity index is 1780. The highest BCUT2D eigenvalue weighted by Crippen LogP contribution is 2.37. The summed E-state index contributed by atoms with van der Waals surface area (Å²) < 4.78 is 96.4. The van der Waals surface area contributed by atoms with Crippen LogP contribution in [0, 0.1) is 17.5 Å². The predicted octanol–water partition coefficient (Wildman–Crippen LogP) is 7.52. The number of benzene rings is 3. The van der Waals surface area contributed by atoms with Crippen molar-refractivity contribution in [2.75, 3.05) is 25.6 Å². The van der Waals surface area contributed by atoms with Gasteiger partial charge in [-0.15, -0.1) is 0 Å². The number of halogens is 6. The van der Waals surface area contributed by atoms with Gasteiger partial charge >= 0.3 is 6.18 Å². The number of aromatic nitrogens is 2. The molecule has 0 aliphatic rings. The number of amides is 1. The lowest BCUT2D eigenvalue weighted by Gasteiger charge is -2.15. The Morgan fingerprint density at radius 2 is 1.67 bits per heavy atom. The molecule has 2 aromatic heterocycles. The Labute approximate surface area is 241 Å². The highest BCUT2D eigenvalue weighted by atomic mass is 19.4. The Balaban J connectivity index is 1.65. The molecule has 0 saturated carbocycles. The number of hydrogen-bond donors (Lipinski definition) is 1. The van der Waals surface area contributed by atoms with Crippen molar-refractivity contribution in [3.8, 4) is 22.4 Å². The fourth-order valence-corrected chi connectivity index (χ4v) is 4.60. The number of ether oxygens (including phenoxy) is 2. The molecule has 3 aromatic carbocycles. The minimum atomic E-state index is -4.86. The van der Waals surface area contributed by atoms with Crippen molar-refractivity contribution < 1.29 is 40.6 Å². The number of hydrogen-bond acceptors (Lipinski definition) is 4. The lowest BCUT2D eigenvalue weighted by Crippen LogP contribution is -2.19. The third-order valence-electron chi connectivity index (χ3n) is 6.58. The maximum Gasteiger partial charge on any atom is 0.417 e. The number of pyridine rings is 1. The van der Waals surface area contributed by atoms with Gasteiger partial charge in [0, 0.05) is 30.1 Å². The molecule has 0 spiro atoms. The molecule has 222 valence electrons. The molecule has 6 nitrogen and oxygen atoms in total. The van der Waals surface area contributed by atoms with Crippen LogP contribution in [0.15, 0.2) is 79.0 Å². The summed E-state index contributed by atoms with van der Waals surface area (Å²) in [6, 6.07) is 14.4. The van der Waals surface area contributed by atoms with Crippen molar-refractivity contribution in [2.24, 2.45) is 0 Å². The first kappa shape index (κ1) is 29.8. The van der Waals surface area contributed by atoms with E-state index in [-0.39, 0.29) is 53.7 Å². The molecule has 1 N–H and O–H groups in total. The maximum absolute atomic E-state index is 15.0. The Morgan fingerprint density at radius 1 is 0.930 bits per heavy atom. The van der Waals surface area contributed by atoms with E-state index in [0.29, 0.717) is 5.56 Å². The third-order valence-corrected chi connectivity index (χ3v) is 6.58. The van der Waals surface area contributed by atoms with Gasteiger partial charge in [-0.1, -0.05) is 12.1 Å². The molecule has 0 bridgehead atoms. The average molecular weight is 600 g/mol. The molecule has 0 fully saturated rings. The highest BCUT2D eigenvalue weighted by molar-refractivity contribution is 6.06. The van der Waals surface area contributed by atoms with Crippen LogP contribution in [0.1, 0.15) is 21.6 Å². The Hall–Kier alpha value is -4.68. The first-order valence-corrected chi connectivity index (χ1v) is 12.9. The van der Waals surface area contributed by atoms with Crippen molar-refractivity contribution in [1.82, 2.24) is 9.38 Å². The fourth-order valence-electron chi connectivity index (χ4n) is 4.60. The Kier molecular flexibility index (Phi) is 8.51. The zero-order chi connectivity index (χ0) is 30.7. The molecule has 0 atom stereocenters. The molecule has 0 unspecified atom stereocenters. The molecular formula is C31H23F6N3O3. The molecule has 0 radical (unpaired) electrons. The number of carbonyl (C=O) groups is 1. The minimum absolute atomic E-state index is 0.0956. The Morgan fingerprint density at radius 3 is 2.40 bits per heavy atom. The van der Waals surface area contributed by atoms with E-state index < -0.39 is 40.7 Å². The molecule has 5 aromatic rings. The summed E-state index contributed by atoms with van der Waals surface area (Å²) in [5.41, 5.74) is -0.706. The molecule has 0 aliphatic carbocycles. The van der Waals surface area contributed by atoms with Gasteiger partial charge in [-0.05, 0) is 66.2 Å². The van der Waals surface area contributed by atoms with Gasteiger partial charge in [0.05, 0.1) is 42.3 Å². The zero-order valence-corrected chi connectivity index (χ0v) is 22.5. The molecule has 5 rings (SSSR count). The van der Waals surface area contributed by atoms with Crippen LogP contribution in [0.5, 0.6) is 0 Å². The summed E-state index contributed by atoms with van der Waals surface area (Å²) in [6.45, 7) is 0.360. The number of rotatable bonds is 9. The third kappa shape index (κ3) is 6.25. The first-order chi connectivity index (χ1) is 20.6. The van der Waals surface area contributed by atoms with Gasteiger partial charge in [0.2, 0.25) is 0 Å². The molecular weight excluding hydrogens is 576 g/mol. The number of fused-ring (bicyclic) bond motifs is 1. The number of alkyl halides is 3. The molecule has 0 saturated heterocycles. The van der Waals surface area contributed by atoms with Crippen molar-refractivity contribution in [2.45, 2.75) is 12.8 Å². The number of imidazole rings is 1. The van der Waals surface area contributed by atoms with Crippen LogP contribution in [0.25, 0.3) is 28.0 Å². The van der Waals surface area contributed by atoms with E-state index in [4.69, 9.17) is 9.47 Å². The standard InChI is InChI=1S/C31H23F6N3O3/c1-42-14-15-43-17-26-28(22-4-2-6-25(33)27(22)34)40-13-3-5-21(29(40)39-26)18-7-12-24(31(35,36)37)23(16-18)30(41)38-20-10-8-19(32)9-11-20/h2-13,16H,14-15,17H2,1H3,(H,38,41). The first-order valence-electron chi connectivity index (χ1n) is 12.9. The van der Waals surface area contributed by atoms with Crippen LogP contribution in [0.2, 0.25) is 0 Å². The molecule has 2 heterocycles. The molecule has 1 amide bonds. The van der Waals surface area contributed by atoms with E-state index in [2.05, 4.69) is 10.3 Å². The topological polar surface area (TPSA) is 64.9 Å². The van der Waals surface area contributed by atoms with Crippen LogP contribution in [0.3, 0.4) is 0 Å². The zero-order valence-electron chi connectivity index (χ0n) is 22.5. The van der Waals surface area contributed by atoms with Gasteiger partial charge < -0.3 is 14.8 Å². The van der Waals surface area contributed by atoms with Gasteiger partial charge in [0.15, 0.2) is 11.6 Å². The van der Waals surface area contributed by atoms with Crippen LogP contribution in [0.4, 0.5) is 32.0 Å². The van der Waals surface area contributed by atoms with E-state index in [1.807, 2.05) is 0 Å². The monoisotopic (exact) mass is 599 g/mol. The van der Waals surface area contributed by atoms with E-state index in [1.165, 1.54) is 41.8 Å². The minimum Gasteiger partial charge on any atom is -0.382 e. The number of nitrogens with zero attached hydrogens (tertiary/aromatic N) is 2. The number of methoxy groups -OCH3 is 1. The van der Waals surface area contributed by atoms with Gasteiger partial charge in [-0.3, -0.25) is 9.20 Å². The summed E-state index contributed by atoms with van der Waals surface area (Å²) in [4.78, 5) is 17.7. The van der Waals surface area contributed by atoms with Gasteiger partial charge in [-0.25, -0.2) is 18.2 Å². The van der Waals surface area contributed by atoms with Crippen LogP contribution >= 0.6 is 0 Å². The van der Waals surface area contributed by atoms with Crippen molar-refractivity contribution >= 4 is 17.2 Å². The van der Waals surface area contributed by atoms with Gasteiger partial charge in [0.1, 0.15) is 11.5 Å². The van der Waals surface area contributed by atoms with Gasteiger partial charge in [0.25, 0.3) is 5.91 Å². The van der Waals surface area contributed by atoms with Crippen LogP contribution in [-0.2, 0) is 22.3 Å². The number of anilines is 1. The van der Waals surface area contributed by atoms with E-state index >= 15 is 0 Å². The highest BCUT2D eigenvalue weighted by Gasteiger charge is 2.35. The van der Waals surface area contributed by atoms with E-state index in [9.17, 15) is 31.1 Å². The van der Waals surface area contributed by atoms with Crippen molar-refractivity contribution in [3.05, 3.63) is 113 Å². The summed E-state index contributed by atoms with van der Waals surface area (Å²) in [7, 11) is 1.49. The summed E-state index contributed by atoms with van der Waals surface area (Å²) in [6.07, 6.45) is -3.31. The van der Waals surface area contributed by atoms with Crippen molar-refractivity contribution in [3.63, 3.8) is 0 Å². The fraction of sp³-hybridized carbons (Fsp3) is 0.161. The van der Waals surface area contributed by atoms with E-state index in [0.717, 1.165) is 30.3 Å². The lowest BCUT2D eigenvalue weighted by molar-refractivity contribution is -0.137. The molecule has 43 heavy (non-hydrogen) atoms. The average Bonchev–Trinajstić information content (AvgIpc) is 3.35. The van der Waals surface area contributed by atoms with Crippen LogP contribution < -0.4 is 5.32 Å². The van der Waals surface area contributed by atoms with Gasteiger partial charge in [-0.2, -0.15) is 13.2 Å². The second-order valence-electron chi connectivity index (χ2n) is 9.39. The summed E-state index contributed by atoms with van der Waals surface area (Å²) in [5.74, 6) is -3.83. The van der Waals surface area contributed by atoms with Crippen LogP contribution in [-0.4, -0.2) is 35.6 Å². The predicted molar refractivity (Wildman–Crippen MR) is 147 cm³/mol. The lowest BCUT2D eigenvalue weighted by atomic mass is 9.98. The SMILES string of the molecule is COCCOCc1nc2c(-c3ccc(C(F)(F)F)c(C(=O)Nc4ccc(F)cc4)c3)cccn2c1-c1cccc(F)c1F.